The van der Waals surface area contributed by atoms with E-state index < -0.39 is 10.0 Å². The fraction of sp³-hybridized carbons (Fsp3) is 0.278. The van der Waals surface area contributed by atoms with Gasteiger partial charge in [0.1, 0.15) is 0 Å². The van der Waals surface area contributed by atoms with Crippen molar-refractivity contribution in [2.75, 3.05) is 21.9 Å². The van der Waals surface area contributed by atoms with Crippen LogP contribution in [-0.2, 0) is 16.4 Å². The summed E-state index contributed by atoms with van der Waals surface area (Å²) in [4.78, 5) is 12.4. The number of hydrogen-bond acceptors (Lipinski definition) is 3. The van der Waals surface area contributed by atoms with Gasteiger partial charge in [-0.25, -0.2) is 8.42 Å². The summed E-state index contributed by atoms with van der Waals surface area (Å²) in [6.07, 6.45) is 1.57. The number of nitrogens with one attached hydrogen (secondary N) is 1. The van der Waals surface area contributed by atoms with Crippen molar-refractivity contribution in [3.63, 3.8) is 0 Å². The Balaban J connectivity index is 1.85. The molecule has 0 spiro atoms. The van der Waals surface area contributed by atoms with Gasteiger partial charge in [-0.15, -0.1) is 0 Å². The number of carbonyl (C=O) groups is 1. The molecule has 0 aliphatic carbocycles. The normalized spacial score (nSPS) is 14.1. The third-order valence-corrected chi connectivity index (χ3v) is 6.47. The SMILES string of the molecule is CCS(=O)(=O)N1CCCc2cc(NC(=O)c3cccc(Br)c3)ccc21. The smallest absolute Gasteiger partial charge is 0.255 e. The van der Waals surface area contributed by atoms with E-state index in [-0.39, 0.29) is 11.7 Å². The molecule has 0 bridgehead atoms. The van der Waals surface area contributed by atoms with E-state index >= 15 is 0 Å². The van der Waals surface area contributed by atoms with E-state index in [0.717, 1.165) is 22.9 Å². The number of amides is 1. The molecule has 2 aromatic rings. The van der Waals surface area contributed by atoms with Gasteiger partial charge in [-0.1, -0.05) is 22.0 Å². The van der Waals surface area contributed by atoms with Gasteiger partial charge < -0.3 is 5.32 Å². The summed E-state index contributed by atoms with van der Waals surface area (Å²) in [7, 11) is -3.28. The summed E-state index contributed by atoms with van der Waals surface area (Å²) < 4.78 is 26.8. The largest absolute Gasteiger partial charge is 0.322 e. The van der Waals surface area contributed by atoms with Gasteiger partial charge in [0.25, 0.3) is 5.91 Å². The average Bonchev–Trinajstić information content (AvgIpc) is 2.61. The number of sulfonamides is 1. The van der Waals surface area contributed by atoms with Crippen LogP contribution in [0, 0.1) is 0 Å². The topological polar surface area (TPSA) is 66.5 Å². The first-order valence-corrected chi connectivity index (χ1v) is 10.5. The van der Waals surface area contributed by atoms with Crippen molar-refractivity contribution >= 4 is 43.2 Å². The summed E-state index contributed by atoms with van der Waals surface area (Å²) in [5, 5.41) is 2.88. The van der Waals surface area contributed by atoms with Crippen LogP contribution in [0.3, 0.4) is 0 Å². The summed E-state index contributed by atoms with van der Waals surface area (Å²) in [6, 6.07) is 12.5. The quantitative estimate of drug-likeness (QED) is 0.814. The first-order valence-electron chi connectivity index (χ1n) is 8.11. The number of hydrogen-bond donors (Lipinski definition) is 1. The molecule has 0 saturated heterocycles. The van der Waals surface area contributed by atoms with E-state index in [9.17, 15) is 13.2 Å². The van der Waals surface area contributed by atoms with Crippen molar-refractivity contribution in [1.82, 2.24) is 0 Å². The molecule has 5 nitrogen and oxygen atoms in total. The second-order valence-corrected chi connectivity index (χ2v) is 8.98. The fourth-order valence-electron chi connectivity index (χ4n) is 2.92. The molecule has 25 heavy (non-hydrogen) atoms. The number of benzene rings is 2. The van der Waals surface area contributed by atoms with Crippen LogP contribution in [0.25, 0.3) is 0 Å². The Morgan fingerprint density at radius 1 is 1.24 bits per heavy atom. The molecule has 2 aromatic carbocycles. The summed E-state index contributed by atoms with van der Waals surface area (Å²) >= 11 is 3.35. The maximum Gasteiger partial charge on any atom is 0.255 e. The Kier molecular flexibility index (Phi) is 5.15. The van der Waals surface area contributed by atoms with Gasteiger partial charge in [-0.2, -0.15) is 0 Å². The minimum Gasteiger partial charge on any atom is -0.322 e. The molecule has 0 radical (unpaired) electrons. The monoisotopic (exact) mass is 422 g/mol. The predicted molar refractivity (Wildman–Crippen MR) is 104 cm³/mol. The number of aryl methyl sites for hydroxylation is 1. The standard InChI is InChI=1S/C18H19BrN2O3S/c1-2-25(23,24)21-10-4-6-13-12-16(8-9-17(13)21)20-18(22)14-5-3-7-15(19)11-14/h3,5,7-9,11-12H,2,4,6,10H2,1H3,(H,20,22). The van der Waals surface area contributed by atoms with Gasteiger partial charge in [0.2, 0.25) is 10.0 Å². The molecule has 0 saturated carbocycles. The van der Waals surface area contributed by atoms with Crippen LogP contribution in [0.4, 0.5) is 11.4 Å². The van der Waals surface area contributed by atoms with E-state index in [1.807, 2.05) is 12.1 Å². The van der Waals surface area contributed by atoms with Gasteiger partial charge >= 0.3 is 0 Å². The van der Waals surface area contributed by atoms with E-state index in [2.05, 4.69) is 21.2 Å². The summed E-state index contributed by atoms with van der Waals surface area (Å²) in [5.74, 6) is -0.122. The lowest BCUT2D eigenvalue weighted by atomic mass is 10.0. The van der Waals surface area contributed by atoms with Gasteiger partial charge in [-0.3, -0.25) is 9.10 Å². The Hall–Kier alpha value is -1.86. The Labute approximate surface area is 156 Å². The van der Waals surface area contributed by atoms with Crippen molar-refractivity contribution in [2.24, 2.45) is 0 Å². The molecule has 1 amide bonds. The zero-order valence-corrected chi connectivity index (χ0v) is 16.2. The van der Waals surface area contributed by atoms with Crippen molar-refractivity contribution in [3.8, 4) is 0 Å². The van der Waals surface area contributed by atoms with Crippen LogP contribution in [0.15, 0.2) is 46.9 Å². The summed E-state index contributed by atoms with van der Waals surface area (Å²) in [6.45, 7) is 2.16. The van der Waals surface area contributed by atoms with Gasteiger partial charge in [0, 0.05) is 22.3 Å². The number of carbonyl (C=O) groups excluding carboxylic acids is 1. The predicted octanol–water partition coefficient (Wildman–Crippen LogP) is 3.80. The highest BCUT2D eigenvalue weighted by atomic mass is 79.9. The van der Waals surface area contributed by atoms with Crippen LogP contribution in [-0.4, -0.2) is 26.6 Å². The van der Waals surface area contributed by atoms with E-state index in [0.29, 0.717) is 23.5 Å². The molecule has 1 aliphatic heterocycles. The average molecular weight is 423 g/mol. The van der Waals surface area contributed by atoms with Crippen LogP contribution < -0.4 is 9.62 Å². The number of rotatable bonds is 4. The number of anilines is 2. The summed E-state index contributed by atoms with van der Waals surface area (Å²) in [5.41, 5.74) is 2.88. The Morgan fingerprint density at radius 2 is 2.04 bits per heavy atom. The molecular weight excluding hydrogens is 404 g/mol. The molecular formula is C18H19BrN2O3S. The molecule has 7 heteroatoms. The van der Waals surface area contributed by atoms with Crippen molar-refractivity contribution in [1.29, 1.82) is 0 Å². The first kappa shape index (κ1) is 17.9. The third-order valence-electron chi connectivity index (χ3n) is 4.20. The highest BCUT2D eigenvalue weighted by molar-refractivity contribution is 9.10. The van der Waals surface area contributed by atoms with Crippen LogP contribution >= 0.6 is 15.9 Å². The maximum absolute atomic E-state index is 12.4. The molecule has 0 atom stereocenters. The van der Waals surface area contributed by atoms with Gasteiger partial charge in [-0.05, 0) is 61.7 Å². The Morgan fingerprint density at radius 3 is 2.76 bits per heavy atom. The minimum atomic E-state index is -3.28. The lowest BCUT2D eigenvalue weighted by molar-refractivity contribution is 0.102. The molecule has 132 valence electrons. The molecule has 0 aromatic heterocycles. The fourth-order valence-corrected chi connectivity index (χ4v) is 4.51. The molecule has 0 unspecified atom stereocenters. The van der Waals surface area contributed by atoms with Gasteiger partial charge in [0.05, 0.1) is 11.4 Å². The zero-order valence-electron chi connectivity index (χ0n) is 13.8. The van der Waals surface area contributed by atoms with Crippen molar-refractivity contribution in [2.45, 2.75) is 19.8 Å². The van der Waals surface area contributed by atoms with E-state index in [1.165, 1.54) is 4.31 Å². The van der Waals surface area contributed by atoms with E-state index in [1.54, 1.807) is 37.3 Å². The highest BCUT2D eigenvalue weighted by Crippen LogP contribution is 2.32. The van der Waals surface area contributed by atoms with Crippen LogP contribution in [0.1, 0.15) is 29.3 Å². The van der Waals surface area contributed by atoms with Crippen molar-refractivity contribution in [3.05, 3.63) is 58.1 Å². The Bertz CT molecular complexity index is 912. The first-order chi connectivity index (χ1) is 11.9. The number of halogens is 1. The minimum absolute atomic E-state index is 0.0772. The van der Waals surface area contributed by atoms with E-state index in [4.69, 9.17) is 0 Å². The lowest BCUT2D eigenvalue weighted by Crippen LogP contribution is -2.36. The lowest BCUT2D eigenvalue weighted by Gasteiger charge is -2.30. The number of nitrogens with zero attached hydrogens (tertiary/aromatic N) is 1. The molecule has 1 aliphatic rings. The van der Waals surface area contributed by atoms with Crippen molar-refractivity contribution < 1.29 is 13.2 Å². The number of fused-ring (bicyclic) bond motifs is 1. The molecule has 3 rings (SSSR count). The molecule has 1 heterocycles. The van der Waals surface area contributed by atoms with Gasteiger partial charge in [0.15, 0.2) is 0 Å². The molecule has 1 N–H and O–H groups in total. The maximum atomic E-state index is 12.4. The third kappa shape index (κ3) is 3.88. The van der Waals surface area contributed by atoms with Crippen LogP contribution in [0.2, 0.25) is 0 Å². The highest BCUT2D eigenvalue weighted by Gasteiger charge is 2.26. The second-order valence-electron chi connectivity index (χ2n) is 5.88. The molecule has 0 fully saturated rings. The second kappa shape index (κ2) is 7.17. The zero-order chi connectivity index (χ0) is 18.0. The van der Waals surface area contributed by atoms with Crippen LogP contribution in [0.5, 0.6) is 0 Å².